The minimum absolute atomic E-state index is 0.153. The van der Waals surface area contributed by atoms with E-state index in [-0.39, 0.29) is 18.2 Å². The highest BCUT2D eigenvalue weighted by Gasteiger charge is 2.24. The molecule has 0 aliphatic carbocycles. The number of benzene rings is 1. The molecule has 7 nitrogen and oxygen atoms in total. The van der Waals surface area contributed by atoms with Gasteiger partial charge >= 0.3 is 0 Å². The van der Waals surface area contributed by atoms with Crippen LogP contribution in [-0.2, 0) is 6.54 Å². The average Bonchev–Trinajstić information content (AvgIpc) is 3.36. The van der Waals surface area contributed by atoms with Crippen LogP contribution in [0.5, 0.6) is 5.75 Å². The highest BCUT2D eigenvalue weighted by Crippen LogP contribution is 2.33. The Morgan fingerprint density at radius 3 is 2.89 bits per heavy atom. The number of carbonyl (C=O) groups is 1. The van der Waals surface area contributed by atoms with E-state index in [9.17, 15) is 4.79 Å². The van der Waals surface area contributed by atoms with E-state index in [0.29, 0.717) is 11.7 Å². The monoisotopic (exact) mass is 380 g/mol. The molecule has 0 radical (unpaired) electrons. The van der Waals surface area contributed by atoms with Gasteiger partial charge in [-0.25, -0.2) is 4.98 Å². The number of fused-ring (bicyclic) bond motifs is 1. The van der Waals surface area contributed by atoms with Crippen molar-refractivity contribution in [1.29, 1.82) is 0 Å². The standard InChI is InChI=1S/C19H16N4O3S/c1-2-25-14-6-7-15-17(11-14)27-19(22-15)23(12-13-5-3-4-9-20-13)18(24)16-8-10-21-26-16/h3-11H,2,12H2,1H3. The van der Waals surface area contributed by atoms with Gasteiger partial charge in [-0.3, -0.25) is 14.7 Å². The maximum atomic E-state index is 13.0. The number of thiazole rings is 1. The van der Waals surface area contributed by atoms with Crippen molar-refractivity contribution in [1.82, 2.24) is 15.1 Å². The summed E-state index contributed by atoms with van der Waals surface area (Å²) in [6.45, 7) is 2.80. The number of hydrogen-bond acceptors (Lipinski definition) is 7. The summed E-state index contributed by atoms with van der Waals surface area (Å²) in [6.07, 6.45) is 3.14. The Hall–Kier alpha value is -3.26. The molecule has 4 rings (SSSR count). The minimum atomic E-state index is -0.317. The van der Waals surface area contributed by atoms with Gasteiger partial charge < -0.3 is 9.26 Å². The van der Waals surface area contributed by atoms with E-state index in [1.807, 2.05) is 43.3 Å². The van der Waals surface area contributed by atoms with Crippen molar-refractivity contribution in [3.63, 3.8) is 0 Å². The van der Waals surface area contributed by atoms with Crippen LogP contribution >= 0.6 is 11.3 Å². The molecule has 0 saturated carbocycles. The third-order valence-corrected chi connectivity index (χ3v) is 4.87. The maximum Gasteiger partial charge on any atom is 0.299 e. The van der Waals surface area contributed by atoms with Crippen molar-refractivity contribution in [2.24, 2.45) is 0 Å². The van der Waals surface area contributed by atoms with Crippen molar-refractivity contribution in [2.45, 2.75) is 13.5 Å². The lowest BCUT2D eigenvalue weighted by Gasteiger charge is -2.17. The second kappa shape index (κ2) is 7.55. The largest absolute Gasteiger partial charge is 0.494 e. The van der Waals surface area contributed by atoms with Crippen molar-refractivity contribution in [2.75, 3.05) is 11.5 Å². The lowest BCUT2D eigenvalue weighted by atomic mass is 10.3. The van der Waals surface area contributed by atoms with Gasteiger partial charge in [-0.05, 0) is 37.3 Å². The summed E-state index contributed by atoms with van der Waals surface area (Å²) in [6, 6.07) is 12.8. The Balaban J connectivity index is 1.73. The molecule has 27 heavy (non-hydrogen) atoms. The summed E-state index contributed by atoms with van der Waals surface area (Å²) >= 11 is 1.41. The highest BCUT2D eigenvalue weighted by atomic mass is 32.1. The van der Waals surface area contributed by atoms with Gasteiger partial charge in [0, 0.05) is 12.3 Å². The molecule has 0 aliphatic heterocycles. The third kappa shape index (κ3) is 3.65. The first-order chi connectivity index (χ1) is 13.2. The highest BCUT2D eigenvalue weighted by molar-refractivity contribution is 7.22. The summed E-state index contributed by atoms with van der Waals surface area (Å²) in [5.41, 5.74) is 1.55. The Kier molecular flexibility index (Phi) is 4.80. The quantitative estimate of drug-likeness (QED) is 0.504. The van der Waals surface area contributed by atoms with Crippen molar-refractivity contribution >= 4 is 32.6 Å². The van der Waals surface area contributed by atoms with E-state index in [1.54, 1.807) is 11.1 Å². The second-order valence-electron chi connectivity index (χ2n) is 5.65. The van der Waals surface area contributed by atoms with Crippen LogP contribution in [0.1, 0.15) is 23.2 Å². The van der Waals surface area contributed by atoms with Crippen molar-refractivity contribution < 1.29 is 14.1 Å². The van der Waals surface area contributed by atoms with E-state index in [1.165, 1.54) is 23.6 Å². The number of rotatable bonds is 6. The fourth-order valence-corrected chi connectivity index (χ4v) is 3.60. The molecule has 1 amide bonds. The predicted octanol–water partition coefficient (Wildman–Crippen LogP) is 3.93. The lowest BCUT2D eigenvalue weighted by molar-refractivity contribution is 0.0949. The van der Waals surface area contributed by atoms with E-state index >= 15 is 0 Å². The molecular formula is C19H16N4O3S. The van der Waals surface area contributed by atoms with Crippen LogP contribution in [0.3, 0.4) is 0 Å². The van der Waals surface area contributed by atoms with Gasteiger partial charge in [0.25, 0.3) is 5.91 Å². The first kappa shape index (κ1) is 17.2. The molecule has 8 heteroatoms. The van der Waals surface area contributed by atoms with Crippen LogP contribution in [0.25, 0.3) is 10.2 Å². The van der Waals surface area contributed by atoms with Gasteiger partial charge in [-0.15, -0.1) is 0 Å². The summed E-state index contributed by atoms with van der Waals surface area (Å²) < 4.78 is 11.5. The van der Waals surface area contributed by atoms with Gasteiger partial charge in [0.15, 0.2) is 5.13 Å². The average molecular weight is 380 g/mol. The molecule has 0 spiro atoms. The fraction of sp³-hybridized carbons (Fsp3) is 0.158. The number of aromatic nitrogens is 3. The molecule has 0 aliphatic rings. The predicted molar refractivity (Wildman–Crippen MR) is 102 cm³/mol. The molecule has 3 aromatic heterocycles. The molecule has 0 fully saturated rings. The van der Waals surface area contributed by atoms with Crippen LogP contribution in [0.4, 0.5) is 5.13 Å². The third-order valence-electron chi connectivity index (χ3n) is 3.83. The first-order valence-corrected chi connectivity index (χ1v) is 9.22. The summed E-state index contributed by atoms with van der Waals surface area (Å²) in [7, 11) is 0. The Labute approximate surface area is 159 Å². The van der Waals surface area contributed by atoms with Gasteiger partial charge in [-0.1, -0.05) is 22.6 Å². The lowest BCUT2D eigenvalue weighted by Crippen LogP contribution is -2.30. The fourth-order valence-electron chi connectivity index (χ4n) is 2.60. The Bertz CT molecular complexity index is 1050. The summed E-state index contributed by atoms with van der Waals surface area (Å²) in [4.78, 5) is 23.4. The van der Waals surface area contributed by atoms with Gasteiger partial charge in [0.2, 0.25) is 5.76 Å². The van der Waals surface area contributed by atoms with Gasteiger partial charge in [-0.2, -0.15) is 0 Å². The molecule has 3 heterocycles. The molecule has 0 N–H and O–H groups in total. The van der Waals surface area contributed by atoms with Crippen LogP contribution in [0.2, 0.25) is 0 Å². The number of ether oxygens (including phenoxy) is 1. The summed E-state index contributed by atoms with van der Waals surface area (Å²) in [5, 5.41) is 4.19. The molecule has 0 saturated heterocycles. The molecular weight excluding hydrogens is 364 g/mol. The number of nitrogens with zero attached hydrogens (tertiary/aromatic N) is 4. The Morgan fingerprint density at radius 1 is 1.22 bits per heavy atom. The minimum Gasteiger partial charge on any atom is -0.494 e. The zero-order valence-electron chi connectivity index (χ0n) is 14.5. The van der Waals surface area contributed by atoms with E-state index in [2.05, 4.69) is 15.1 Å². The molecule has 0 atom stereocenters. The van der Waals surface area contributed by atoms with E-state index in [0.717, 1.165) is 21.7 Å². The van der Waals surface area contributed by atoms with Crippen LogP contribution < -0.4 is 9.64 Å². The Morgan fingerprint density at radius 2 is 2.15 bits per heavy atom. The van der Waals surface area contributed by atoms with E-state index < -0.39 is 0 Å². The van der Waals surface area contributed by atoms with Crippen LogP contribution in [-0.4, -0.2) is 27.6 Å². The molecule has 1 aromatic carbocycles. The van der Waals surface area contributed by atoms with E-state index in [4.69, 9.17) is 9.26 Å². The second-order valence-corrected chi connectivity index (χ2v) is 6.66. The van der Waals surface area contributed by atoms with Crippen LogP contribution in [0.15, 0.2) is 59.4 Å². The summed E-state index contributed by atoms with van der Waals surface area (Å²) in [5.74, 6) is 0.612. The first-order valence-electron chi connectivity index (χ1n) is 8.40. The molecule has 0 unspecified atom stereocenters. The molecule has 0 bridgehead atoms. The number of hydrogen-bond donors (Lipinski definition) is 0. The number of amides is 1. The zero-order valence-corrected chi connectivity index (χ0v) is 15.3. The zero-order chi connectivity index (χ0) is 18.6. The number of anilines is 1. The van der Waals surface area contributed by atoms with Crippen molar-refractivity contribution in [3.8, 4) is 5.75 Å². The topological polar surface area (TPSA) is 81.4 Å². The van der Waals surface area contributed by atoms with Crippen LogP contribution in [0, 0.1) is 0 Å². The smallest absolute Gasteiger partial charge is 0.299 e. The van der Waals surface area contributed by atoms with Gasteiger partial charge in [0.1, 0.15) is 5.75 Å². The van der Waals surface area contributed by atoms with Crippen molar-refractivity contribution in [3.05, 3.63) is 66.3 Å². The SMILES string of the molecule is CCOc1ccc2nc(N(Cc3ccccn3)C(=O)c3ccno3)sc2c1. The normalized spacial score (nSPS) is 10.9. The maximum absolute atomic E-state index is 13.0. The number of pyridine rings is 1. The van der Waals surface area contributed by atoms with Gasteiger partial charge in [0.05, 0.1) is 35.3 Å². The molecule has 136 valence electrons. The molecule has 4 aromatic rings. The number of carbonyl (C=O) groups excluding carboxylic acids is 1.